The highest BCUT2D eigenvalue weighted by Crippen LogP contribution is 2.19. The molecule has 0 saturated heterocycles. The van der Waals surface area contributed by atoms with Gasteiger partial charge in [0, 0.05) is 17.9 Å². The number of benzene rings is 1. The van der Waals surface area contributed by atoms with Crippen LogP contribution in [0, 0.1) is 20.8 Å². The lowest BCUT2D eigenvalue weighted by atomic mass is 10.1. The van der Waals surface area contributed by atoms with Crippen molar-refractivity contribution in [2.75, 3.05) is 17.2 Å². The van der Waals surface area contributed by atoms with E-state index in [1.54, 1.807) is 6.07 Å². The average molecular weight is 312 g/mol. The topological polar surface area (TPSA) is 66.9 Å². The van der Waals surface area contributed by atoms with Crippen LogP contribution < -0.4 is 10.6 Å². The van der Waals surface area contributed by atoms with Crippen molar-refractivity contribution in [2.45, 2.75) is 40.5 Å². The summed E-state index contributed by atoms with van der Waals surface area (Å²) in [5, 5.41) is 6.10. The SMILES string of the molecule is CCCCNc1nc(C)cc(C(=O)Nc2cccc(C)c2C)n1. The summed E-state index contributed by atoms with van der Waals surface area (Å²) >= 11 is 0. The van der Waals surface area contributed by atoms with Gasteiger partial charge < -0.3 is 10.6 Å². The van der Waals surface area contributed by atoms with Gasteiger partial charge in [0.1, 0.15) is 5.69 Å². The fourth-order valence-electron chi connectivity index (χ4n) is 2.21. The molecule has 122 valence electrons. The maximum absolute atomic E-state index is 12.5. The molecule has 1 aromatic carbocycles. The summed E-state index contributed by atoms with van der Waals surface area (Å²) in [6.45, 7) is 8.81. The van der Waals surface area contributed by atoms with E-state index in [1.165, 1.54) is 0 Å². The monoisotopic (exact) mass is 312 g/mol. The molecule has 0 spiro atoms. The summed E-state index contributed by atoms with van der Waals surface area (Å²) < 4.78 is 0. The number of hydrogen-bond acceptors (Lipinski definition) is 4. The lowest BCUT2D eigenvalue weighted by Crippen LogP contribution is -2.17. The maximum Gasteiger partial charge on any atom is 0.274 e. The average Bonchev–Trinajstić information content (AvgIpc) is 2.51. The van der Waals surface area contributed by atoms with Gasteiger partial charge in [-0.3, -0.25) is 4.79 Å². The molecule has 0 aliphatic carbocycles. The van der Waals surface area contributed by atoms with Gasteiger partial charge >= 0.3 is 0 Å². The van der Waals surface area contributed by atoms with Gasteiger partial charge in [0.05, 0.1) is 0 Å². The smallest absolute Gasteiger partial charge is 0.274 e. The van der Waals surface area contributed by atoms with Crippen LogP contribution in [-0.4, -0.2) is 22.4 Å². The Morgan fingerprint density at radius 1 is 1.17 bits per heavy atom. The largest absolute Gasteiger partial charge is 0.354 e. The second-order valence-electron chi connectivity index (χ2n) is 5.70. The van der Waals surface area contributed by atoms with E-state index >= 15 is 0 Å². The molecule has 2 N–H and O–H groups in total. The van der Waals surface area contributed by atoms with Gasteiger partial charge in [-0.1, -0.05) is 25.5 Å². The molecule has 0 atom stereocenters. The zero-order chi connectivity index (χ0) is 16.8. The van der Waals surface area contributed by atoms with Crippen LogP contribution >= 0.6 is 0 Å². The molecule has 0 unspecified atom stereocenters. The molecule has 5 heteroatoms. The summed E-state index contributed by atoms with van der Waals surface area (Å²) in [7, 11) is 0. The van der Waals surface area contributed by atoms with Crippen LogP contribution in [0.4, 0.5) is 11.6 Å². The molecule has 0 fully saturated rings. The van der Waals surface area contributed by atoms with Gasteiger partial charge in [-0.2, -0.15) is 0 Å². The van der Waals surface area contributed by atoms with E-state index < -0.39 is 0 Å². The molecule has 0 saturated carbocycles. The maximum atomic E-state index is 12.5. The third-order valence-electron chi connectivity index (χ3n) is 3.75. The van der Waals surface area contributed by atoms with Gasteiger partial charge in [-0.15, -0.1) is 0 Å². The van der Waals surface area contributed by atoms with Crippen molar-refractivity contribution < 1.29 is 4.79 Å². The Morgan fingerprint density at radius 2 is 1.96 bits per heavy atom. The number of hydrogen-bond donors (Lipinski definition) is 2. The Labute approximate surface area is 137 Å². The van der Waals surface area contributed by atoms with Crippen LogP contribution in [0.1, 0.15) is 47.1 Å². The first kappa shape index (κ1) is 16.9. The zero-order valence-electron chi connectivity index (χ0n) is 14.2. The number of anilines is 2. The highest BCUT2D eigenvalue weighted by atomic mass is 16.1. The standard InChI is InChI=1S/C18H24N4O/c1-5-6-10-19-18-20-13(3)11-16(22-18)17(23)21-15-9-7-8-12(2)14(15)4/h7-9,11H,5-6,10H2,1-4H3,(H,21,23)(H,19,20,22). The first-order chi connectivity index (χ1) is 11.0. The predicted molar refractivity (Wildman–Crippen MR) is 94.0 cm³/mol. The lowest BCUT2D eigenvalue weighted by Gasteiger charge is -2.11. The number of nitrogens with one attached hydrogen (secondary N) is 2. The number of rotatable bonds is 6. The van der Waals surface area contributed by atoms with Crippen molar-refractivity contribution in [3.05, 3.63) is 46.8 Å². The fourth-order valence-corrected chi connectivity index (χ4v) is 2.21. The molecule has 1 amide bonds. The number of aromatic nitrogens is 2. The number of amides is 1. The molecule has 2 rings (SSSR count). The number of carbonyl (C=O) groups excluding carboxylic acids is 1. The molecule has 1 heterocycles. The number of aryl methyl sites for hydroxylation is 2. The second-order valence-corrected chi connectivity index (χ2v) is 5.70. The van der Waals surface area contributed by atoms with E-state index in [0.29, 0.717) is 11.6 Å². The molecule has 0 radical (unpaired) electrons. The highest BCUT2D eigenvalue weighted by molar-refractivity contribution is 6.03. The third-order valence-corrected chi connectivity index (χ3v) is 3.75. The molecular formula is C18H24N4O. The third kappa shape index (κ3) is 4.52. The predicted octanol–water partition coefficient (Wildman–Crippen LogP) is 3.87. The van der Waals surface area contributed by atoms with Crippen molar-refractivity contribution in [3.8, 4) is 0 Å². The van der Waals surface area contributed by atoms with Gasteiger partial charge in [0.15, 0.2) is 0 Å². The van der Waals surface area contributed by atoms with Crippen LogP contribution in [0.15, 0.2) is 24.3 Å². The van der Waals surface area contributed by atoms with Crippen molar-refractivity contribution in [1.29, 1.82) is 0 Å². The summed E-state index contributed by atoms with van der Waals surface area (Å²) in [4.78, 5) is 21.1. The van der Waals surface area contributed by atoms with Crippen LogP contribution in [0.25, 0.3) is 0 Å². The molecule has 2 aromatic rings. The van der Waals surface area contributed by atoms with Crippen LogP contribution in [0.2, 0.25) is 0 Å². The molecule has 0 aliphatic rings. The minimum atomic E-state index is -0.220. The summed E-state index contributed by atoms with van der Waals surface area (Å²) in [5.74, 6) is 0.285. The first-order valence-corrected chi connectivity index (χ1v) is 7.98. The Balaban J connectivity index is 2.17. The molecule has 0 bridgehead atoms. The number of carbonyl (C=O) groups is 1. The van der Waals surface area contributed by atoms with Crippen LogP contribution in [0.5, 0.6) is 0 Å². The lowest BCUT2D eigenvalue weighted by molar-refractivity contribution is 0.102. The molecular weight excluding hydrogens is 288 g/mol. The minimum Gasteiger partial charge on any atom is -0.354 e. The van der Waals surface area contributed by atoms with Crippen molar-refractivity contribution in [1.82, 2.24) is 9.97 Å². The molecule has 5 nitrogen and oxygen atoms in total. The number of unbranched alkanes of at least 4 members (excludes halogenated alkanes) is 1. The Kier molecular flexibility index (Phi) is 5.68. The van der Waals surface area contributed by atoms with Gasteiger partial charge in [-0.05, 0) is 50.5 Å². The van der Waals surface area contributed by atoms with E-state index in [1.807, 2.05) is 39.0 Å². The molecule has 1 aromatic heterocycles. The Bertz CT molecular complexity index is 697. The first-order valence-electron chi connectivity index (χ1n) is 7.98. The van der Waals surface area contributed by atoms with E-state index in [0.717, 1.165) is 41.9 Å². The van der Waals surface area contributed by atoms with E-state index in [-0.39, 0.29) is 5.91 Å². The van der Waals surface area contributed by atoms with Gasteiger partial charge in [0.25, 0.3) is 5.91 Å². The van der Waals surface area contributed by atoms with Crippen molar-refractivity contribution in [2.24, 2.45) is 0 Å². The van der Waals surface area contributed by atoms with E-state index in [9.17, 15) is 4.79 Å². The summed E-state index contributed by atoms with van der Waals surface area (Å²) in [5.41, 5.74) is 4.16. The normalized spacial score (nSPS) is 10.4. The van der Waals surface area contributed by atoms with Crippen molar-refractivity contribution in [3.63, 3.8) is 0 Å². The summed E-state index contributed by atoms with van der Waals surface area (Å²) in [6, 6.07) is 7.55. The van der Waals surface area contributed by atoms with Crippen LogP contribution in [0.3, 0.4) is 0 Å². The quantitative estimate of drug-likeness (QED) is 0.795. The molecule has 0 aliphatic heterocycles. The minimum absolute atomic E-state index is 0.220. The number of nitrogens with zero attached hydrogens (tertiary/aromatic N) is 2. The molecule has 23 heavy (non-hydrogen) atoms. The highest BCUT2D eigenvalue weighted by Gasteiger charge is 2.12. The van der Waals surface area contributed by atoms with Gasteiger partial charge in [-0.25, -0.2) is 9.97 Å². The fraction of sp³-hybridized carbons (Fsp3) is 0.389. The summed E-state index contributed by atoms with van der Waals surface area (Å²) in [6.07, 6.45) is 2.14. The Morgan fingerprint density at radius 3 is 2.70 bits per heavy atom. The van der Waals surface area contributed by atoms with Crippen LogP contribution in [-0.2, 0) is 0 Å². The zero-order valence-corrected chi connectivity index (χ0v) is 14.2. The Hall–Kier alpha value is -2.43. The van der Waals surface area contributed by atoms with Gasteiger partial charge in [0.2, 0.25) is 5.95 Å². The van der Waals surface area contributed by atoms with Crippen molar-refractivity contribution >= 4 is 17.5 Å². The second kappa shape index (κ2) is 7.72. The van der Waals surface area contributed by atoms with E-state index in [4.69, 9.17) is 0 Å². The van der Waals surface area contributed by atoms with E-state index in [2.05, 4.69) is 27.5 Å².